The van der Waals surface area contributed by atoms with Crippen LogP contribution in [-0.2, 0) is 23.7 Å². The maximum Gasteiger partial charge on any atom is 0.227 e. The van der Waals surface area contributed by atoms with Crippen molar-refractivity contribution in [1.29, 1.82) is 0 Å². The van der Waals surface area contributed by atoms with Gasteiger partial charge in [-0.3, -0.25) is 4.79 Å². The Morgan fingerprint density at radius 2 is 1.97 bits per heavy atom. The fraction of sp³-hybridized carbons (Fsp3) is 0.792. The molecule has 0 bridgehead atoms. The zero-order valence-electron chi connectivity index (χ0n) is 18.1. The van der Waals surface area contributed by atoms with E-state index >= 15 is 0 Å². The SMILES string of the molecule is C[C@H]1C[C@H]2[C@@H]3CCC4=CC(=O)C=C[C@]4(C)[C@H]3[C@@H](O)C[C@]2(C)[C@]12OCOC21COCO1. The van der Waals surface area contributed by atoms with E-state index in [0.29, 0.717) is 24.9 Å². The van der Waals surface area contributed by atoms with Crippen molar-refractivity contribution in [2.75, 3.05) is 20.2 Å². The van der Waals surface area contributed by atoms with Gasteiger partial charge in [-0.15, -0.1) is 0 Å². The van der Waals surface area contributed by atoms with Crippen LogP contribution >= 0.6 is 0 Å². The van der Waals surface area contributed by atoms with E-state index in [1.165, 1.54) is 5.57 Å². The molecule has 5 fully saturated rings. The minimum absolute atomic E-state index is 0.0707. The predicted molar refractivity (Wildman–Crippen MR) is 107 cm³/mol. The topological polar surface area (TPSA) is 74.2 Å². The van der Waals surface area contributed by atoms with Gasteiger partial charge in [0.25, 0.3) is 0 Å². The Morgan fingerprint density at radius 1 is 1.17 bits per heavy atom. The lowest BCUT2D eigenvalue weighted by molar-refractivity contribution is -0.266. The van der Waals surface area contributed by atoms with E-state index < -0.39 is 17.5 Å². The van der Waals surface area contributed by atoms with Crippen molar-refractivity contribution in [3.05, 3.63) is 23.8 Å². The molecule has 0 aromatic heterocycles. The van der Waals surface area contributed by atoms with Gasteiger partial charge in [0.15, 0.2) is 19.4 Å². The number of hydrogen-bond acceptors (Lipinski definition) is 6. The second kappa shape index (κ2) is 6.04. The highest BCUT2D eigenvalue weighted by Gasteiger charge is 2.79. The summed E-state index contributed by atoms with van der Waals surface area (Å²) >= 11 is 0. The normalized spacial score (nSPS) is 56.9. The zero-order valence-corrected chi connectivity index (χ0v) is 18.1. The number of hydrogen-bond donors (Lipinski definition) is 1. The minimum atomic E-state index is -0.886. The highest BCUT2D eigenvalue weighted by molar-refractivity contribution is 6.01. The van der Waals surface area contributed by atoms with Crippen LogP contribution in [0.4, 0.5) is 0 Å². The Hall–Kier alpha value is -1.05. The molecule has 2 aliphatic heterocycles. The quantitative estimate of drug-likeness (QED) is 0.655. The van der Waals surface area contributed by atoms with Crippen LogP contribution in [0.15, 0.2) is 23.8 Å². The molecule has 164 valence electrons. The van der Waals surface area contributed by atoms with Gasteiger partial charge in [-0.2, -0.15) is 0 Å². The standard InChI is InChI=1S/C24H32O6/c1-14-8-18-17-5-4-15-9-16(25)6-7-21(15,2)20(17)19(26)10-22(18,3)24(14)23(29-13-30-24)11-27-12-28-23/h6-7,9,14,17-20,26H,4-5,8,10-13H2,1-3H3/t14-,17-,18-,19-,20+,21-,22-,23?,24+/m0/s1. The van der Waals surface area contributed by atoms with Gasteiger partial charge in [0.05, 0.1) is 6.10 Å². The molecule has 6 heteroatoms. The summed E-state index contributed by atoms with van der Waals surface area (Å²) in [6.45, 7) is 7.54. The molecule has 2 spiro atoms. The first-order valence-electron chi connectivity index (χ1n) is 11.4. The van der Waals surface area contributed by atoms with Crippen molar-refractivity contribution in [1.82, 2.24) is 0 Å². The summed E-state index contributed by atoms with van der Waals surface area (Å²) in [5, 5.41) is 11.6. The molecule has 0 aromatic carbocycles. The molecule has 6 aliphatic rings. The van der Waals surface area contributed by atoms with Crippen LogP contribution in [0.1, 0.15) is 46.5 Å². The van der Waals surface area contributed by atoms with Gasteiger partial charge in [-0.25, -0.2) is 0 Å². The van der Waals surface area contributed by atoms with Gasteiger partial charge in [-0.1, -0.05) is 32.4 Å². The van der Waals surface area contributed by atoms with E-state index in [1.807, 2.05) is 6.08 Å². The number of rotatable bonds is 0. The largest absolute Gasteiger partial charge is 0.393 e. The molecule has 1 N–H and O–H groups in total. The second-order valence-electron chi connectivity index (χ2n) is 10.9. The van der Waals surface area contributed by atoms with E-state index in [-0.39, 0.29) is 42.0 Å². The van der Waals surface area contributed by atoms with Crippen LogP contribution in [0, 0.1) is 34.5 Å². The summed E-state index contributed by atoms with van der Waals surface area (Å²) in [5.41, 5.74) is 0.0313. The molecular weight excluding hydrogens is 384 g/mol. The molecule has 0 radical (unpaired) electrons. The van der Waals surface area contributed by atoms with Crippen LogP contribution in [-0.4, -0.2) is 48.6 Å². The number of allylic oxidation sites excluding steroid dienone is 4. The van der Waals surface area contributed by atoms with E-state index in [1.54, 1.807) is 6.08 Å². The summed E-state index contributed by atoms with van der Waals surface area (Å²) in [6, 6.07) is 0. The number of aliphatic hydroxyl groups excluding tert-OH is 1. The number of ether oxygens (including phenoxy) is 4. The Morgan fingerprint density at radius 3 is 2.73 bits per heavy atom. The van der Waals surface area contributed by atoms with Crippen molar-refractivity contribution in [3.63, 3.8) is 0 Å². The second-order valence-corrected chi connectivity index (χ2v) is 10.9. The molecule has 30 heavy (non-hydrogen) atoms. The van der Waals surface area contributed by atoms with E-state index in [9.17, 15) is 9.90 Å². The molecule has 0 amide bonds. The molecule has 6 nitrogen and oxygen atoms in total. The molecule has 0 aromatic rings. The molecule has 6 rings (SSSR count). The van der Waals surface area contributed by atoms with Gasteiger partial charge in [0.2, 0.25) is 5.79 Å². The number of carbonyl (C=O) groups is 1. The van der Waals surface area contributed by atoms with Crippen molar-refractivity contribution in [2.24, 2.45) is 34.5 Å². The first kappa shape index (κ1) is 19.6. The summed E-state index contributed by atoms with van der Waals surface area (Å²) in [6.07, 6.45) is 8.66. The zero-order chi connectivity index (χ0) is 20.9. The van der Waals surface area contributed by atoms with Gasteiger partial charge in [0, 0.05) is 16.7 Å². The molecule has 9 atom stereocenters. The lowest BCUT2D eigenvalue weighted by Gasteiger charge is -2.61. The fourth-order valence-electron chi connectivity index (χ4n) is 8.85. The third kappa shape index (κ3) is 2.06. The van der Waals surface area contributed by atoms with Crippen molar-refractivity contribution >= 4 is 5.78 Å². The Bertz CT molecular complexity index is 837. The molecule has 2 heterocycles. The highest BCUT2D eigenvalue weighted by Crippen LogP contribution is 2.72. The fourth-order valence-corrected chi connectivity index (χ4v) is 8.85. The molecule has 2 saturated heterocycles. The van der Waals surface area contributed by atoms with E-state index in [0.717, 1.165) is 19.3 Å². The Kier molecular flexibility index (Phi) is 3.95. The molecule has 1 unspecified atom stereocenters. The summed E-state index contributed by atoms with van der Waals surface area (Å²) in [7, 11) is 0. The first-order valence-corrected chi connectivity index (χ1v) is 11.4. The smallest absolute Gasteiger partial charge is 0.227 e. The summed E-state index contributed by atoms with van der Waals surface area (Å²) in [4.78, 5) is 12.0. The number of aliphatic hydroxyl groups is 1. The average Bonchev–Trinajstić information content (AvgIpc) is 3.38. The number of fused-ring (bicyclic) bond motifs is 7. The maximum atomic E-state index is 12.0. The highest BCUT2D eigenvalue weighted by atomic mass is 16.9. The Labute approximate surface area is 177 Å². The van der Waals surface area contributed by atoms with Gasteiger partial charge < -0.3 is 24.1 Å². The lowest BCUT2D eigenvalue weighted by atomic mass is 9.46. The average molecular weight is 417 g/mol. The van der Waals surface area contributed by atoms with Crippen LogP contribution in [0.3, 0.4) is 0 Å². The van der Waals surface area contributed by atoms with Gasteiger partial charge in [-0.05, 0) is 55.6 Å². The predicted octanol–water partition coefficient (Wildman–Crippen LogP) is 2.95. The van der Waals surface area contributed by atoms with Gasteiger partial charge >= 0.3 is 0 Å². The molecular formula is C24H32O6. The minimum Gasteiger partial charge on any atom is -0.393 e. The van der Waals surface area contributed by atoms with Crippen LogP contribution in [0.2, 0.25) is 0 Å². The summed E-state index contributed by atoms with van der Waals surface area (Å²) in [5.74, 6) is 0.291. The molecule has 4 aliphatic carbocycles. The van der Waals surface area contributed by atoms with Crippen LogP contribution < -0.4 is 0 Å². The summed E-state index contributed by atoms with van der Waals surface area (Å²) < 4.78 is 24.3. The number of carbonyl (C=O) groups excluding carboxylic acids is 1. The van der Waals surface area contributed by atoms with Crippen molar-refractivity contribution in [2.45, 2.75) is 63.9 Å². The van der Waals surface area contributed by atoms with Crippen molar-refractivity contribution < 1.29 is 28.8 Å². The maximum absolute atomic E-state index is 12.0. The Balaban J connectivity index is 1.44. The molecule has 3 saturated carbocycles. The van der Waals surface area contributed by atoms with Gasteiger partial charge in [0.1, 0.15) is 12.2 Å². The lowest BCUT2D eigenvalue weighted by Crippen LogP contribution is -2.67. The van der Waals surface area contributed by atoms with E-state index in [4.69, 9.17) is 18.9 Å². The third-order valence-corrected chi connectivity index (χ3v) is 9.85. The third-order valence-electron chi connectivity index (χ3n) is 9.85. The van der Waals surface area contributed by atoms with Crippen LogP contribution in [0.25, 0.3) is 0 Å². The van der Waals surface area contributed by atoms with Crippen LogP contribution in [0.5, 0.6) is 0 Å². The van der Waals surface area contributed by atoms with Crippen molar-refractivity contribution in [3.8, 4) is 0 Å². The van der Waals surface area contributed by atoms with E-state index in [2.05, 4.69) is 26.8 Å². The monoisotopic (exact) mass is 416 g/mol. The first-order chi connectivity index (χ1) is 14.3. The number of ketones is 1.